The Hall–Kier alpha value is -0.570. The second-order valence-corrected chi connectivity index (χ2v) is 7.72. The molecule has 0 radical (unpaired) electrons. The van der Waals surface area contributed by atoms with E-state index in [0.29, 0.717) is 18.0 Å². The van der Waals surface area contributed by atoms with Gasteiger partial charge in [-0.2, -0.15) is 0 Å². The van der Waals surface area contributed by atoms with Crippen molar-refractivity contribution in [2.24, 2.45) is 5.92 Å². The number of rotatable bonds is 3. The van der Waals surface area contributed by atoms with Crippen molar-refractivity contribution in [1.29, 1.82) is 0 Å². The lowest BCUT2D eigenvalue weighted by atomic mass is 10.1. The molecule has 0 aromatic rings. The van der Waals surface area contributed by atoms with Crippen molar-refractivity contribution in [3.8, 4) is 0 Å². The highest BCUT2D eigenvalue weighted by atomic mass is 16.2. The molecule has 1 spiro atoms. The van der Waals surface area contributed by atoms with Gasteiger partial charge in [0.2, 0.25) is 5.91 Å². The van der Waals surface area contributed by atoms with Gasteiger partial charge in [-0.1, -0.05) is 6.42 Å². The van der Waals surface area contributed by atoms with E-state index in [2.05, 4.69) is 16.7 Å². The molecule has 3 nitrogen and oxygen atoms in total. The van der Waals surface area contributed by atoms with Crippen LogP contribution in [0.1, 0.15) is 64.7 Å². The van der Waals surface area contributed by atoms with Crippen molar-refractivity contribution in [3.63, 3.8) is 0 Å². The minimum atomic E-state index is 0.253. The minimum Gasteiger partial charge on any atom is -0.333 e. The number of piperidine rings is 1. The second-order valence-electron chi connectivity index (χ2n) is 7.72. The van der Waals surface area contributed by atoms with Crippen molar-refractivity contribution in [1.82, 2.24) is 9.80 Å². The lowest BCUT2D eigenvalue weighted by Gasteiger charge is -2.34. The molecule has 1 amide bonds. The first kappa shape index (κ1) is 13.1. The number of carbonyl (C=O) groups is 1. The Balaban J connectivity index is 1.47. The van der Waals surface area contributed by atoms with E-state index < -0.39 is 0 Å². The molecule has 3 unspecified atom stereocenters. The van der Waals surface area contributed by atoms with Gasteiger partial charge in [0.05, 0.1) is 5.54 Å². The Morgan fingerprint density at radius 1 is 1.15 bits per heavy atom. The zero-order valence-electron chi connectivity index (χ0n) is 12.8. The standard InChI is InChI=1S/C17H28N2O/c1-13-7-8-17(19(13)16(20)11-14-5-6-14)12-15(17)18-9-3-2-4-10-18/h13-15H,2-12H2,1H3. The third kappa shape index (κ3) is 2.09. The summed E-state index contributed by atoms with van der Waals surface area (Å²) < 4.78 is 0. The van der Waals surface area contributed by atoms with Gasteiger partial charge in [0.25, 0.3) is 0 Å². The Labute approximate surface area is 122 Å². The third-order valence-electron chi connectivity index (χ3n) is 6.18. The van der Waals surface area contributed by atoms with Crippen LogP contribution in [-0.2, 0) is 4.79 Å². The van der Waals surface area contributed by atoms with Crippen LogP contribution < -0.4 is 0 Å². The molecule has 0 N–H and O–H groups in total. The summed E-state index contributed by atoms with van der Waals surface area (Å²) in [7, 11) is 0. The molecule has 20 heavy (non-hydrogen) atoms. The maximum Gasteiger partial charge on any atom is 0.223 e. The molecule has 2 saturated heterocycles. The van der Waals surface area contributed by atoms with Gasteiger partial charge in [-0.15, -0.1) is 0 Å². The molecule has 3 atom stereocenters. The quantitative estimate of drug-likeness (QED) is 0.791. The molecule has 2 aliphatic heterocycles. The first-order chi connectivity index (χ1) is 9.71. The van der Waals surface area contributed by atoms with Crippen molar-refractivity contribution >= 4 is 5.91 Å². The predicted octanol–water partition coefficient (Wildman–Crippen LogP) is 2.79. The summed E-state index contributed by atoms with van der Waals surface area (Å²) in [5.41, 5.74) is 0.253. The number of hydrogen-bond acceptors (Lipinski definition) is 2. The van der Waals surface area contributed by atoms with Crippen LogP contribution in [0.4, 0.5) is 0 Å². The van der Waals surface area contributed by atoms with Gasteiger partial charge in [-0.25, -0.2) is 0 Å². The molecule has 0 aromatic carbocycles. The number of amides is 1. The lowest BCUT2D eigenvalue weighted by Crippen LogP contribution is -2.47. The van der Waals surface area contributed by atoms with E-state index in [9.17, 15) is 4.79 Å². The summed E-state index contributed by atoms with van der Waals surface area (Å²) in [6.45, 7) is 4.81. The van der Waals surface area contributed by atoms with Crippen molar-refractivity contribution in [2.45, 2.75) is 82.3 Å². The van der Waals surface area contributed by atoms with E-state index >= 15 is 0 Å². The summed E-state index contributed by atoms with van der Waals surface area (Å²) in [4.78, 5) is 17.7. The topological polar surface area (TPSA) is 23.6 Å². The van der Waals surface area contributed by atoms with E-state index in [1.807, 2.05) is 0 Å². The summed E-state index contributed by atoms with van der Waals surface area (Å²) in [5, 5.41) is 0. The molecule has 2 aliphatic carbocycles. The van der Waals surface area contributed by atoms with Gasteiger partial charge in [0, 0.05) is 18.5 Å². The normalized spacial score (nSPS) is 41.4. The van der Waals surface area contributed by atoms with E-state index in [-0.39, 0.29) is 5.54 Å². The van der Waals surface area contributed by atoms with Crippen LogP contribution in [0.5, 0.6) is 0 Å². The predicted molar refractivity (Wildman–Crippen MR) is 79.4 cm³/mol. The number of nitrogens with zero attached hydrogens (tertiary/aromatic N) is 2. The first-order valence-electron chi connectivity index (χ1n) is 8.77. The maximum absolute atomic E-state index is 12.7. The summed E-state index contributed by atoms with van der Waals surface area (Å²) >= 11 is 0. The molecule has 2 saturated carbocycles. The third-order valence-corrected chi connectivity index (χ3v) is 6.18. The summed E-state index contributed by atoms with van der Waals surface area (Å²) in [6, 6.07) is 1.17. The van der Waals surface area contributed by atoms with Crippen molar-refractivity contribution in [3.05, 3.63) is 0 Å². The van der Waals surface area contributed by atoms with Gasteiger partial charge >= 0.3 is 0 Å². The highest BCUT2D eigenvalue weighted by molar-refractivity contribution is 5.79. The molecule has 4 rings (SSSR count). The molecular weight excluding hydrogens is 248 g/mol. The van der Waals surface area contributed by atoms with E-state index in [1.165, 1.54) is 64.5 Å². The Bertz CT molecular complexity index is 400. The SMILES string of the molecule is CC1CCC2(CC2N2CCCCC2)N1C(=O)CC1CC1. The number of carbonyl (C=O) groups excluding carboxylic acids is 1. The molecular formula is C17H28N2O. The average Bonchev–Trinajstić information content (AvgIpc) is 3.34. The Morgan fingerprint density at radius 2 is 1.90 bits per heavy atom. The Morgan fingerprint density at radius 3 is 2.60 bits per heavy atom. The fourth-order valence-electron chi connectivity index (χ4n) is 4.81. The summed E-state index contributed by atoms with van der Waals surface area (Å²) in [6.07, 6.45) is 11.3. The van der Waals surface area contributed by atoms with Gasteiger partial charge in [0.15, 0.2) is 0 Å². The molecule has 0 aromatic heterocycles. The second kappa shape index (κ2) is 4.72. The molecule has 2 heterocycles. The Kier molecular flexibility index (Phi) is 3.10. The van der Waals surface area contributed by atoms with Crippen LogP contribution in [0.2, 0.25) is 0 Å². The molecule has 0 bridgehead atoms. The lowest BCUT2D eigenvalue weighted by molar-refractivity contribution is -0.135. The van der Waals surface area contributed by atoms with Gasteiger partial charge < -0.3 is 4.90 Å². The fraction of sp³-hybridized carbons (Fsp3) is 0.941. The van der Waals surface area contributed by atoms with Gasteiger partial charge in [-0.05, 0) is 70.9 Å². The van der Waals surface area contributed by atoms with Crippen LogP contribution in [0.15, 0.2) is 0 Å². The molecule has 112 valence electrons. The monoisotopic (exact) mass is 276 g/mol. The first-order valence-corrected chi connectivity index (χ1v) is 8.77. The fourth-order valence-corrected chi connectivity index (χ4v) is 4.81. The van der Waals surface area contributed by atoms with Crippen molar-refractivity contribution in [2.75, 3.05) is 13.1 Å². The van der Waals surface area contributed by atoms with Crippen molar-refractivity contribution < 1.29 is 4.79 Å². The largest absolute Gasteiger partial charge is 0.333 e. The smallest absolute Gasteiger partial charge is 0.223 e. The summed E-state index contributed by atoms with van der Waals surface area (Å²) in [5.74, 6) is 1.19. The van der Waals surface area contributed by atoms with Crippen LogP contribution in [0.3, 0.4) is 0 Å². The molecule has 3 heteroatoms. The minimum absolute atomic E-state index is 0.253. The zero-order chi connectivity index (χ0) is 13.7. The highest BCUT2D eigenvalue weighted by Crippen LogP contribution is 2.55. The van der Waals surface area contributed by atoms with E-state index in [4.69, 9.17) is 0 Å². The van der Waals surface area contributed by atoms with Crippen LogP contribution in [0, 0.1) is 5.92 Å². The van der Waals surface area contributed by atoms with Crippen LogP contribution >= 0.6 is 0 Å². The average molecular weight is 276 g/mol. The van der Waals surface area contributed by atoms with Crippen LogP contribution in [-0.4, -0.2) is 46.4 Å². The van der Waals surface area contributed by atoms with Crippen LogP contribution in [0.25, 0.3) is 0 Å². The molecule has 4 fully saturated rings. The number of hydrogen-bond donors (Lipinski definition) is 0. The maximum atomic E-state index is 12.7. The zero-order valence-corrected chi connectivity index (χ0v) is 12.8. The van der Waals surface area contributed by atoms with Gasteiger partial charge in [-0.3, -0.25) is 9.69 Å². The number of likely N-dealkylation sites (tertiary alicyclic amines) is 2. The van der Waals surface area contributed by atoms with E-state index in [1.54, 1.807) is 0 Å². The highest BCUT2D eigenvalue weighted by Gasteiger charge is 2.65. The van der Waals surface area contributed by atoms with Gasteiger partial charge in [0.1, 0.15) is 0 Å². The van der Waals surface area contributed by atoms with E-state index in [0.717, 1.165) is 12.3 Å². The molecule has 4 aliphatic rings.